The van der Waals surface area contributed by atoms with Gasteiger partial charge in [-0.25, -0.2) is 14.3 Å². The summed E-state index contributed by atoms with van der Waals surface area (Å²) < 4.78 is 9.00. The normalized spacial score (nSPS) is 10.9. The molecular weight excluding hydrogens is 314 g/mol. The zero-order valence-corrected chi connectivity index (χ0v) is 13.8. The first-order valence-corrected chi connectivity index (χ1v) is 8.03. The minimum absolute atomic E-state index is 0.119. The smallest absolute Gasteiger partial charge is 0.334 e. The molecule has 2 aromatic carbocycles. The molecule has 25 heavy (non-hydrogen) atoms. The summed E-state index contributed by atoms with van der Waals surface area (Å²) in [5.41, 5.74) is 3.21. The molecule has 0 atom stereocenters. The fourth-order valence-electron chi connectivity index (χ4n) is 2.83. The van der Waals surface area contributed by atoms with E-state index in [1.54, 1.807) is 22.4 Å². The molecule has 0 aliphatic rings. The van der Waals surface area contributed by atoms with Gasteiger partial charge in [0.2, 0.25) is 0 Å². The van der Waals surface area contributed by atoms with Crippen LogP contribution in [-0.4, -0.2) is 14.1 Å². The Morgan fingerprint density at radius 3 is 2.48 bits per heavy atom. The lowest BCUT2D eigenvalue weighted by Gasteiger charge is -2.08. The van der Waals surface area contributed by atoms with Crippen LogP contribution in [0.15, 0.2) is 77.7 Å². The minimum atomic E-state index is -0.119. The van der Waals surface area contributed by atoms with Gasteiger partial charge in [0.25, 0.3) is 0 Å². The number of benzene rings is 2. The van der Waals surface area contributed by atoms with Crippen LogP contribution in [0, 0.1) is 0 Å². The first-order valence-electron chi connectivity index (χ1n) is 8.03. The van der Waals surface area contributed by atoms with Crippen LogP contribution in [0.1, 0.15) is 5.56 Å². The number of fused-ring (bicyclic) bond motifs is 1. The van der Waals surface area contributed by atoms with Gasteiger partial charge < -0.3 is 4.74 Å². The number of rotatable bonds is 4. The lowest BCUT2D eigenvalue weighted by atomic mass is 10.2. The van der Waals surface area contributed by atoms with E-state index in [0.29, 0.717) is 12.3 Å². The van der Waals surface area contributed by atoms with Crippen molar-refractivity contribution in [3.05, 3.63) is 89.0 Å². The predicted octanol–water partition coefficient (Wildman–Crippen LogP) is 3.30. The van der Waals surface area contributed by atoms with Crippen LogP contribution < -0.4 is 10.4 Å². The number of hydrogen-bond donors (Lipinski definition) is 0. The summed E-state index contributed by atoms with van der Waals surface area (Å²) in [6.45, 7) is 0.510. The molecule has 0 N–H and O–H groups in total. The molecule has 5 heteroatoms. The molecule has 0 amide bonds. The molecule has 124 valence electrons. The number of aromatic nitrogens is 3. The maximum absolute atomic E-state index is 12.5. The Bertz CT molecular complexity index is 1060. The third-order valence-corrected chi connectivity index (χ3v) is 4.16. The van der Waals surface area contributed by atoms with Gasteiger partial charge >= 0.3 is 5.69 Å². The summed E-state index contributed by atoms with van der Waals surface area (Å²) in [6.07, 6.45) is 1.69. The zero-order valence-electron chi connectivity index (χ0n) is 13.8. The van der Waals surface area contributed by atoms with Gasteiger partial charge in [-0.05, 0) is 42.0 Å². The highest BCUT2D eigenvalue weighted by Gasteiger charge is 2.12. The fourth-order valence-corrected chi connectivity index (χ4v) is 2.83. The maximum atomic E-state index is 12.5. The van der Waals surface area contributed by atoms with Gasteiger partial charge in [0.1, 0.15) is 12.4 Å². The van der Waals surface area contributed by atoms with E-state index in [4.69, 9.17) is 4.74 Å². The van der Waals surface area contributed by atoms with Gasteiger partial charge in [-0.1, -0.05) is 30.3 Å². The Morgan fingerprint density at radius 1 is 0.960 bits per heavy atom. The largest absolute Gasteiger partial charge is 0.489 e. The molecule has 0 aliphatic carbocycles. The topological polar surface area (TPSA) is 49.0 Å². The van der Waals surface area contributed by atoms with Gasteiger partial charge in [0.15, 0.2) is 5.65 Å². The third kappa shape index (κ3) is 2.80. The summed E-state index contributed by atoms with van der Waals surface area (Å²) in [5.74, 6) is 0.758. The van der Waals surface area contributed by atoms with Crippen LogP contribution in [0.4, 0.5) is 0 Å². The maximum Gasteiger partial charge on any atom is 0.334 e. The molecule has 0 bridgehead atoms. The number of imidazole rings is 1. The molecule has 0 saturated heterocycles. The van der Waals surface area contributed by atoms with Gasteiger partial charge in [-0.15, -0.1) is 0 Å². The van der Waals surface area contributed by atoms with E-state index in [-0.39, 0.29) is 5.69 Å². The van der Waals surface area contributed by atoms with Crippen molar-refractivity contribution in [1.82, 2.24) is 14.1 Å². The molecule has 2 heterocycles. The second kappa shape index (κ2) is 6.28. The minimum Gasteiger partial charge on any atom is -0.489 e. The van der Waals surface area contributed by atoms with Crippen molar-refractivity contribution in [2.45, 2.75) is 6.61 Å². The molecule has 0 unspecified atom stereocenters. The van der Waals surface area contributed by atoms with E-state index in [0.717, 1.165) is 22.5 Å². The molecular formula is C20H17N3O2. The average Bonchev–Trinajstić information content (AvgIpc) is 2.92. The SMILES string of the molecule is Cn1c(=O)n(-c2ccc(OCc3ccccc3)cc2)c2ncccc21. The summed E-state index contributed by atoms with van der Waals surface area (Å²) in [5, 5.41) is 0. The van der Waals surface area contributed by atoms with E-state index in [2.05, 4.69) is 4.98 Å². The van der Waals surface area contributed by atoms with Crippen LogP contribution >= 0.6 is 0 Å². The Labute approximate surface area is 144 Å². The van der Waals surface area contributed by atoms with Crippen LogP contribution in [0.25, 0.3) is 16.9 Å². The Hall–Kier alpha value is -3.34. The Kier molecular flexibility index (Phi) is 3.82. The predicted molar refractivity (Wildman–Crippen MR) is 97.1 cm³/mol. The van der Waals surface area contributed by atoms with Crippen molar-refractivity contribution in [2.24, 2.45) is 7.05 Å². The zero-order chi connectivity index (χ0) is 17.2. The van der Waals surface area contributed by atoms with E-state index in [1.807, 2.05) is 66.7 Å². The molecule has 0 spiro atoms. The van der Waals surface area contributed by atoms with Crippen LogP contribution in [-0.2, 0) is 13.7 Å². The molecule has 2 aromatic heterocycles. The van der Waals surface area contributed by atoms with E-state index < -0.39 is 0 Å². The number of pyridine rings is 1. The fraction of sp³-hybridized carbons (Fsp3) is 0.100. The van der Waals surface area contributed by atoms with Crippen LogP contribution in [0.5, 0.6) is 5.75 Å². The number of hydrogen-bond acceptors (Lipinski definition) is 3. The molecule has 4 rings (SSSR count). The molecule has 4 aromatic rings. The molecule has 5 nitrogen and oxygen atoms in total. The van der Waals surface area contributed by atoms with Gasteiger partial charge in [-0.2, -0.15) is 0 Å². The summed E-state index contributed by atoms with van der Waals surface area (Å²) in [4.78, 5) is 16.9. The van der Waals surface area contributed by atoms with E-state index in [9.17, 15) is 4.79 Å². The second-order valence-corrected chi connectivity index (χ2v) is 5.79. The first-order chi connectivity index (χ1) is 12.2. The quantitative estimate of drug-likeness (QED) is 0.576. The highest BCUT2D eigenvalue weighted by Crippen LogP contribution is 2.19. The first kappa shape index (κ1) is 15.2. The highest BCUT2D eigenvalue weighted by molar-refractivity contribution is 5.73. The summed E-state index contributed by atoms with van der Waals surface area (Å²) >= 11 is 0. The number of ether oxygens (including phenoxy) is 1. The van der Waals surface area contributed by atoms with Crippen LogP contribution in [0.3, 0.4) is 0 Å². The Balaban J connectivity index is 1.63. The molecule has 0 fully saturated rings. The average molecular weight is 331 g/mol. The number of nitrogens with zero attached hydrogens (tertiary/aromatic N) is 3. The van der Waals surface area contributed by atoms with Crippen LogP contribution in [0.2, 0.25) is 0 Å². The van der Waals surface area contributed by atoms with Crippen molar-refractivity contribution in [1.29, 1.82) is 0 Å². The van der Waals surface area contributed by atoms with Crippen molar-refractivity contribution in [2.75, 3.05) is 0 Å². The molecule has 0 radical (unpaired) electrons. The van der Waals surface area contributed by atoms with Crippen molar-refractivity contribution in [3.8, 4) is 11.4 Å². The van der Waals surface area contributed by atoms with E-state index in [1.165, 1.54) is 0 Å². The standard InChI is InChI=1S/C20H17N3O2/c1-22-18-8-5-13-21-19(18)23(20(22)24)16-9-11-17(12-10-16)25-14-15-6-3-2-4-7-15/h2-13H,14H2,1H3. The summed E-state index contributed by atoms with van der Waals surface area (Å²) in [6, 6.07) is 21.2. The Morgan fingerprint density at radius 2 is 1.72 bits per heavy atom. The lowest BCUT2D eigenvalue weighted by molar-refractivity contribution is 0.306. The van der Waals surface area contributed by atoms with E-state index >= 15 is 0 Å². The van der Waals surface area contributed by atoms with Gasteiger partial charge in [-0.3, -0.25) is 4.57 Å². The van der Waals surface area contributed by atoms with Crippen molar-refractivity contribution < 1.29 is 4.74 Å². The van der Waals surface area contributed by atoms with Crippen molar-refractivity contribution >= 4 is 11.2 Å². The molecule has 0 saturated carbocycles. The highest BCUT2D eigenvalue weighted by atomic mass is 16.5. The van der Waals surface area contributed by atoms with Crippen molar-refractivity contribution in [3.63, 3.8) is 0 Å². The number of aryl methyl sites for hydroxylation is 1. The lowest BCUT2D eigenvalue weighted by Crippen LogP contribution is -2.20. The second-order valence-electron chi connectivity index (χ2n) is 5.79. The summed E-state index contributed by atoms with van der Waals surface area (Å²) in [7, 11) is 1.75. The van der Waals surface area contributed by atoms with Gasteiger partial charge in [0, 0.05) is 13.2 Å². The third-order valence-electron chi connectivity index (χ3n) is 4.16. The molecule has 0 aliphatic heterocycles. The van der Waals surface area contributed by atoms with Gasteiger partial charge in [0.05, 0.1) is 11.2 Å². The monoisotopic (exact) mass is 331 g/mol.